The molecule has 0 saturated carbocycles. The highest BCUT2D eigenvalue weighted by Crippen LogP contribution is 2.31. The predicted octanol–water partition coefficient (Wildman–Crippen LogP) is 5.16. The van der Waals surface area contributed by atoms with E-state index in [1.807, 2.05) is 67.7 Å². The predicted molar refractivity (Wildman–Crippen MR) is 112 cm³/mol. The van der Waals surface area contributed by atoms with Crippen molar-refractivity contribution in [2.75, 3.05) is 5.32 Å². The summed E-state index contributed by atoms with van der Waals surface area (Å²) in [6.07, 6.45) is 0. The number of hydrogen-bond acceptors (Lipinski definition) is 5. The molecule has 3 heterocycles. The van der Waals surface area contributed by atoms with E-state index in [4.69, 9.17) is 4.98 Å². The summed E-state index contributed by atoms with van der Waals surface area (Å²) >= 11 is 2.91. The highest BCUT2D eigenvalue weighted by atomic mass is 32.1. The zero-order chi connectivity index (χ0) is 18.4. The minimum Gasteiger partial charge on any atom is -0.326 e. The van der Waals surface area contributed by atoms with Crippen molar-refractivity contribution in [1.29, 1.82) is 0 Å². The van der Waals surface area contributed by atoms with Crippen molar-refractivity contribution in [3.8, 4) is 10.7 Å². The molecule has 0 spiro atoms. The van der Waals surface area contributed by atoms with Crippen molar-refractivity contribution >= 4 is 55.0 Å². The van der Waals surface area contributed by atoms with Gasteiger partial charge in [0.15, 0.2) is 11.0 Å². The van der Waals surface area contributed by atoms with Gasteiger partial charge >= 0.3 is 0 Å². The van der Waals surface area contributed by atoms with Crippen LogP contribution in [-0.4, -0.2) is 20.4 Å². The van der Waals surface area contributed by atoms with Crippen LogP contribution in [0, 0.1) is 0 Å². The van der Waals surface area contributed by atoms with Crippen LogP contribution < -0.4 is 5.32 Å². The maximum atomic E-state index is 12.6. The van der Waals surface area contributed by atoms with Crippen molar-refractivity contribution in [2.45, 2.75) is 0 Å². The minimum atomic E-state index is -0.149. The number of imidazole rings is 1. The van der Waals surface area contributed by atoms with Crippen LogP contribution in [0.25, 0.3) is 32.0 Å². The molecule has 1 N–H and O–H groups in total. The van der Waals surface area contributed by atoms with Gasteiger partial charge in [0, 0.05) is 7.05 Å². The second-order valence-electron chi connectivity index (χ2n) is 6.09. The van der Waals surface area contributed by atoms with Gasteiger partial charge in [-0.05, 0) is 36.4 Å². The second kappa shape index (κ2) is 6.29. The van der Waals surface area contributed by atoms with Crippen LogP contribution in [0.5, 0.6) is 0 Å². The molecular formula is C20H14N4OS2. The number of carbonyl (C=O) groups excluding carboxylic acids is 1. The summed E-state index contributed by atoms with van der Waals surface area (Å²) in [6.45, 7) is 0. The van der Waals surface area contributed by atoms with Gasteiger partial charge in [0.2, 0.25) is 0 Å². The van der Waals surface area contributed by atoms with Gasteiger partial charge in [-0.1, -0.05) is 35.6 Å². The standard InChI is InChI=1S/C20H14N4OS2/c1-24-14-8-4-2-6-12(14)21-18(24)16-10-11-17(26-16)19(25)23-20-22-13-7-3-5-9-15(13)27-20/h2-11H,1H3,(H,22,23,25). The van der Waals surface area contributed by atoms with Gasteiger partial charge in [-0.25, -0.2) is 9.97 Å². The van der Waals surface area contributed by atoms with Crippen LogP contribution >= 0.6 is 22.7 Å². The number of anilines is 1. The van der Waals surface area contributed by atoms with Crippen LogP contribution in [0.1, 0.15) is 9.67 Å². The van der Waals surface area contributed by atoms with E-state index in [-0.39, 0.29) is 5.91 Å². The summed E-state index contributed by atoms with van der Waals surface area (Å²) in [5.74, 6) is 0.712. The largest absolute Gasteiger partial charge is 0.326 e. The molecule has 0 aliphatic carbocycles. The fourth-order valence-electron chi connectivity index (χ4n) is 3.03. The van der Waals surface area contributed by atoms with Crippen LogP contribution in [-0.2, 0) is 7.05 Å². The van der Waals surface area contributed by atoms with Crippen molar-refractivity contribution in [3.63, 3.8) is 0 Å². The number of nitrogens with zero attached hydrogens (tertiary/aromatic N) is 3. The molecular weight excluding hydrogens is 376 g/mol. The number of amides is 1. The van der Waals surface area contributed by atoms with Gasteiger partial charge < -0.3 is 4.57 Å². The first-order chi connectivity index (χ1) is 13.2. The van der Waals surface area contributed by atoms with Crippen LogP contribution in [0.3, 0.4) is 0 Å². The van der Waals surface area contributed by atoms with Crippen molar-refractivity contribution in [1.82, 2.24) is 14.5 Å². The maximum Gasteiger partial charge on any atom is 0.267 e. The zero-order valence-corrected chi connectivity index (χ0v) is 16.0. The average Bonchev–Trinajstić information content (AvgIpc) is 3.38. The molecule has 5 nitrogen and oxygen atoms in total. The van der Waals surface area contributed by atoms with Crippen LogP contribution in [0.2, 0.25) is 0 Å². The Bertz CT molecular complexity index is 1260. The third-order valence-corrected chi connectivity index (χ3v) is 6.38. The summed E-state index contributed by atoms with van der Waals surface area (Å²) in [5, 5.41) is 3.52. The quantitative estimate of drug-likeness (QED) is 0.463. The Morgan fingerprint density at radius 3 is 2.52 bits per heavy atom. The molecule has 0 fully saturated rings. The van der Waals surface area contributed by atoms with Gasteiger partial charge in [-0.3, -0.25) is 10.1 Å². The molecule has 3 aromatic heterocycles. The number of carbonyl (C=O) groups is 1. The lowest BCUT2D eigenvalue weighted by Crippen LogP contribution is -2.09. The Morgan fingerprint density at radius 2 is 1.70 bits per heavy atom. The summed E-state index contributed by atoms with van der Waals surface area (Å²) < 4.78 is 3.11. The zero-order valence-electron chi connectivity index (χ0n) is 14.3. The molecule has 0 radical (unpaired) electrons. The second-order valence-corrected chi connectivity index (χ2v) is 8.20. The molecule has 2 aromatic carbocycles. The molecule has 1 amide bonds. The van der Waals surface area contributed by atoms with Gasteiger partial charge in [-0.2, -0.15) is 0 Å². The number of thiophene rings is 1. The van der Waals surface area contributed by atoms with E-state index in [0.717, 1.165) is 32.0 Å². The molecule has 5 aromatic rings. The molecule has 0 atom stereocenters. The Hall–Kier alpha value is -3.03. The highest BCUT2D eigenvalue weighted by molar-refractivity contribution is 7.22. The summed E-state index contributed by atoms with van der Waals surface area (Å²) in [7, 11) is 1.99. The third kappa shape index (κ3) is 2.81. The SMILES string of the molecule is Cn1c(-c2ccc(C(=O)Nc3nc4ccccc4s3)s2)nc2ccccc21. The number of hydrogen-bond donors (Lipinski definition) is 1. The first-order valence-electron chi connectivity index (χ1n) is 8.37. The van der Waals surface area contributed by atoms with E-state index in [9.17, 15) is 4.79 Å². The monoisotopic (exact) mass is 390 g/mol. The number of aromatic nitrogens is 3. The van der Waals surface area contributed by atoms with E-state index in [2.05, 4.69) is 14.9 Å². The summed E-state index contributed by atoms with van der Waals surface area (Å²) in [4.78, 5) is 23.4. The number of rotatable bonds is 3. The average molecular weight is 390 g/mol. The van der Waals surface area contributed by atoms with Crippen molar-refractivity contribution < 1.29 is 4.79 Å². The number of fused-ring (bicyclic) bond motifs is 2. The number of aryl methyl sites for hydroxylation is 1. The first kappa shape index (κ1) is 16.2. The summed E-state index contributed by atoms with van der Waals surface area (Å²) in [6, 6.07) is 19.6. The van der Waals surface area contributed by atoms with Gasteiger partial charge in [-0.15, -0.1) is 11.3 Å². The van der Waals surface area contributed by atoms with E-state index in [1.54, 1.807) is 0 Å². The Balaban J connectivity index is 1.44. The van der Waals surface area contributed by atoms with E-state index < -0.39 is 0 Å². The van der Waals surface area contributed by atoms with Crippen LogP contribution in [0.15, 0.2) is 60.7 Å². The number of nitrogens with one attached hydrogen (secondary N) is 1. The highest BCUT2D eigenvalue weighted by Gasteiger charge is 2.16. The first-order valence-corrected chi connectivity index (χ1v) is 10.0. The molecule has 0 unspecified atom stereocenters. The molecule has 132 valence electrons. The topological polar surface area (TPSA) is 59.8 Å². The van der Waals surface area contributed by atoms with Crippen LogP contribution in [0.4, 0.5) is 5.13 Å². The van der Waals surface area contributed by atoms with Gasteiger partial charge in [0.1, 0.15) is 0 Å². The Morgan fingerprint density at radius 1 is 0.926 bits per heavy atom. The maximum absolute atomic E-state index is 12.6. The van der Waals surface area contributed by atoms with Gasteiger partial charge in [0.25, 0.3) is 5.91 Å². The smallest absolute Gasteiger partial charge is 0.267 e. The number of thiazole rings is 1. The lowest BCUT2D eigenvalue weighted by Gasteiger charge is -1.99. The van der Waals surface area contributed by atoms with Gasteiger partial charge in [0.05, 0.1) is 31.0 Å². The Labute approximate surface area is 162 Å². The van der Waals surface area contributed by atoms with E-state index in [1.165, 1.54) is 22.7 Å². The summed E-state index contributed by atoms with van der Waals surface area (Å²) in [5.41, 5.74) is 2.91. The van der Waals surface area contributed by atoms with Crippen molar-refractivity contribution in [3.05, 3.63) is 65.5 Å². The Kier molecular flexibility index (Phi) is 3.77. The molecule has 0 bridgehead atoms. The third-order valence-electron chi connectivity index (χ3n) is 4.35. The lowest BCUT2D eigenvalue weighted by atomic mass is 10.3. The molecule has 0 aliphatic heterocycles. The molecule has 0 saturated heterocycles. The normalized spacial score (nSPS) is 11.3. The van der Waals surface area contributed by atoms with E-state index in [0.29, 0.717) is 10.0 Å². The van der Waals surface area contributed by atoms with E-state index >= 15 is 0 Å². The van der Waals surface area contributed by atoms with Crippen molar-refractivity contribution in [2.24, 2.45) is 7.05 Å². The lowest BCUT2D eigenvalue weighted by molar-refractivity contribution is 0.103. The minimum absolute atomic E-state index is 0.149. The fraction of sp³-hybridized carbons (Fsp3) is 0.0500. The number of benzene rings is 2. The fourth-order valence-corrected chi connectivity index (χ4v) is 4.82. The molecule has 0 aliphatic rings. The molecule has 7 heteroatoms. The molecule has 5 rings (SSSR count). The molecule has 27 heavy (non-hydrogen) atoms. The number of para-hydroxylation sites is 3.